The van der Waals surface area contributed by atoms with E-state index in [1.807, 2.05) is 0 Å². The summed E-state index contributed by atoms with van der Waals surface area (Å²) in [4.78, 5) is 22.2. The Balaban J connectivity index is 2.22. The van der Waals surface area contributed by atoms with Gasteiger partial charge in [-0.25, -0.2) is 5.84 Å². The van der Waals surface area contributed by atoms with Crippen molar-refractivity contribution in [3.8, 4) is 0 Å². The van der Waals surface area contributed by atoms with Crippen molar-refractivity contribution >= 4 is 39.0 Å². The number of rotatable bonds is 4. The third kappa shape index (κ3) is 3.49. The topological polar surface area (TPSA) is 136 Å². The summed E-state index contributed by atoms with van der Waals surface area (Å²) in [6.45, 7) is 0. The van der Waals surface area contributed by atoms with E-state index in [1.165, 1.54) is 30.3 Å². The predicted molar refractivity (Wildman–Crippen MR) is 78.6 cm³/mol. The first-order chi connectivity index (χ1) is 10.0. The molecule has 21 heavy (non-hydrogen) atoms. The predicted octanol–water partition coefficient (Wildman–Crippen LogP) is 1.69. The Hall–Kier alpha value is -2.59. The molecule has 0 bridgehead atoms. The molecule has 0 fully saturated rings. The van der Waals surface area contributed by atoms with Crippen LogP contribution in [0.5, 0.6) is 0 Å². The Kier molecular flexibility index (Phi) is 4.40. The number of amides is 1. The fourth-order valence-electron chi connectivity index (χ4n) is 1.44. The van der Waals surface area contributed by atoms with Crippen LogP contribution in [0.15, 0.2) is 34.8 Å². The average molecular weight is 353 g/mol. The van der Waals surface area contributed by atoms with Crippen LogP contribution in [-0.4, -0.2) is 21.0 Å². The number of carbonyl (C=O) groups excluding carboxylic acids is 1. The summed E-state index contributed by atoms with van der Waals surface area (Å²) < 4.78 is 0.509. The number of anilines is 2. The summed E-state index contributed by atoms with van der Waals surface area (Å²) >= 11 is 3.20. The van der Waals surface area contributed by atoms with Gasteiger partial charge in [0.25, 0.3) is 11.6 Å². The maximum absolute atomic E-state index is 12.0. The highest BCUT2D eigenvalue weighted by molar-refractivity contribution is 9.10. The molecule has 0 spiro atoms. The number of nitrogen functional groups attached to an aromatic ring is 1. The van der Waals surface area contributed by atoms with Crippen LogP contribution < -0.4 is 16.6 Å². The van der Waals surface area contributed by atoms with Crippen molar-refractivity contribution < 1.29 is 9.72 Å². The van der Waals surface area contributed by atoms with Gasteiger partial charge in [0.15, 0.2) is 11.5 Å². The number of hydrazine groups is 1. The molecule has 0 atom stereocenters. The highest BCUT2D eigenvalue weighted by Crippen LogP contribution is 2.27. The van der Waals surface area contributed by atoms with E-state index < -0.39 is 10.8 Å². The van der Waals surface area contributed by atoms with Gasteiger partial charge in [0.1, 0.15) is 0 Å². The Morgan fingerprint density at radius 1 is 1.29 bits per heavy atom. The van der Waals surface area contributed by atoms with Gasteiger partial charge in [-0.05, 0) is 34.1 Å². The van der Waals surface area contributed by atoms with Crippen molar-refractivity contribution in [3.05, 3.63) is 50.6 Å². The SMILES string of the molecule is NNc1ccc(C(=O)Nc2cc([N+](=O)[O-])ccc2Br)nn1. The van der Waals surface area contributed by atoms with Gasteiger partial charge < -0.3 is 10.7 Å². The Labute approximate surface area is 126 Å². The molecule has 0 saturated heterocycles. The number of non-ortho nitro benzene ring substituents is 1. The summed E-state index contributed by atoms with van der Waals surface area (Å²) in [5, 5.41) is 20.6. The lowest BCUT2D eigenvalue weighted by atomic mass is 10.2. The maximum Gasteiger partial charge on any atom is 0.276 e. The van der Waals surface area contributed by atoms with E-state index in [2.05, 4.69) is 36.9 Å². The smallest absolute Gasteiger partial charge is 0.276 e. The van der Waals surface area contributed by atoms with E-state index in [9.17, 15) is 14.9 Å². The Morgan fingerprint density at radius 2 is 2.05 bits per heavy atom. The van der Waals surface area contributed by atoms with Gasteiger partial charge in [-0.1, -0.05) is 0 Å². The summed E-state index contributed by atoms with van der Waals surface area (Å²) in [6, 6.07) is 6.93. The molecule has 0 saturated carbocycles. The lowest BCUT2D eigenvalue weighted by molar-refractivity contribution is -0.384. The molecule has 1 aromatic carbocycles. The normalized spacial score (nSPS) is 10.0. The number of nitro benzene ring substituents is 1. The van der Waals surface area contributed by atoms with Crippen molar-refractivity contribution in [2.45, 2.75) is 0 Å². The van der Waals surface area contributed by atoms with E-state index >= 15 is 0 Å². The van der Waals surface area contributed by atoms with Gasteiger partial charge in [0, 0.05) is 16.6 Å². The maximum atomic E-state index is 12.0. The van der Waals surface area contributed by atoms with Crippen molar-refractivity contribution in [2.75, 3.05) is 10.7 Å². The summed E-state index contributed by atoms with van der Waals surface area (Å²) in [5.41, 5.74) is 2.46. The van der Waals surface area contributed by atoms with Crippen LogP contribution in [0.4, 0.5) is 17.2 Å². The molecule has 10 heteroatoms. The fraction of sp³-hybridized carbons (Fsp3) is 0. The number of nitro groups is 1. The van der Waals surface area contributed by atoms with E-state index in [0.29, 0.717) is 10.3 Å². The molecule has 1 heterocycles. The quantitative estimate of drug-likeness (QED) is 0.432. The minimum atomic E-state index is -0.552. The molecule has 2 aromatic rings. The van der Waals surface area contributed by atoms with Crippen LogP contribution in [0, 0.1) is 10.1 Å². The second kappa shape index (κ2) is 6.24. The van der Waals surface area contributed by atoms with Gasteiger partial charge in [0.2, 0.25) is 0 Å². The summed E-state index contributed by atoms with van der Waals surface area (Å²) in [6.07, 6.45) is 0. The first-order valence-electron chi connectivity index (χ1n) is 5.57. The zero-order chi connectivity index (χ0) is 15.4. The van der Waals surface area contributed by atoms with Gasteiger partial charge in [-0.3, -0.25) is 14.9 Å². The van der Waals surface area contributed by atoms with Gasteiger partial charge >= 0.3 is 0 Å². The fourth-order valence-corrected chi connectivity index (χ4v) is 1.79. The number of nitrogens with one attached hydrogen (secondary N) is 2. The van der Waals surface area contributed by atoms with E-state index in [0.717, 1.165) is 0 Å². The number of nitrogens with two attached hydrogens (primary N) is 1. The second-order valence-electron chi connectivity index (χ2n) is 3.82. The number of halogens is 1. The molecule has 0 aliphatic rings. The van der Waals surface area contributed by atoms with Gasteiger partial charge in [0.05, 0.1) is 10.6 Å². The number of hydrogen-bond donors (Lipinski definition) is 3. The molecule has 9 nitrogen and oxygen atoms in total. The van der Waals surface area contributed by atoms with Crippen LogP contribution in [0.3, 0.4) is 0 Å². The number of aromatic nitrogens is 2. The number of carbonyl (C=O) groups is 1. The highest BCUT2D eigenvalue weighted by atomic mass is 79.9. The van der Waals surface area contributed by atoms with Crippen LogP contribution in [0.1, 0.15) is 10.5 Å². The van der Waals surface area contributed by atoms with Crippen LogP contribution in [0.2, 0.25) is 0 Å². The van der Waals surface area contributed by atoms with Crippen molar-refractivity contribution in [1.29, 1.82) is 0 Å². The molecule has 0 unspecified atom stereocenters. The van der Waals surface area contributed by atoms with Crippen molar-refractivity contribution in [1.82, 2.24) is 10.2 Å². The van der Waals surface area contributed by atoms with Crippen molar-refractivity contribution in [2.24, 2.45) is 5.84 Å². The molecule has 2 rings (SSSR count). The number of hydrogen-bond acceptors (Lipinski definition) is 7. The van der Waals surface area contributed by atoms with Gasteiger partial charge in [-0.2, -0.15) is 0 Å². The third-order valence-corrected chi connectivity index (χ3v) is 3.15. The summed E-state index contributed by atoms with van der Waals surface area (Å²) in [5.74, 6) is 4.90. The zero-order valence-corrected chi connectivity index (χ0v) is 12.0. The molecule has 0 radical (unpaired) electrons. The van der Waals surface area contributed by atoms with E-state index in [1.54, 1.807) is 0 Å². The first-order valence-corrected chi connectivity index (χ1v) is 6.36. The number of benzene rings is 1. The molecule has 1 aromatic heterocycles. The molecule has 0 aliphatic carbocycles. The van der Waals surface area contributed by atoms with Crippen LogP contribution in [0.25, 0.3) is 0 Å². The molecule has 4 N–H and O–H groups in total. The summed E-state index contributed by atoms with van der Waals surface area (Å²) in [7, 11) is 0. The third-order valence-electron chi connectivity index (χ3n) is 2.45. The van der Waals surface area contributed by atoms with E-state index in [4.69, 9.17) is 5.84 Å². The lowest BCUT2D eigenvalue weighted by Gasteiger charge is -2.06. The minimum absolute atomic E-state index is 0.0485. The number of nitrogens with zero attached hydrogens (tertiary/aromatic N) is 3. The highest BCUT2D eigenvalue weighted by Gasteiger charge is 2.14. The van der Waals surface area contributed by atoms with E-state index in [-0.39, 0.29) is 17.1 Å². The monoisotopic (exact) mass is 352 g/mol. The molecule has 108 valence electrons. The lowest BCUT2D eigenvalue weighted by Crippen LogP contribution is -2.16. The molecule has 1 amide bonds. The van der Waals surface area contributed by atoms with Crippen molar-refractivity contribution in [3.63, 3.8) is 0 Å². The molecular formula is C11H9BrN6O3. The van der Waals surface area contributed by atoms with Gasteiger partial charge in [-0.15, -0.1) is 10.2 Å². The zero-order valence-electron chi connectivity index (χ0n) is 10.4. The van der Waals surface area contributed by atoms with Crippen LogP contribution in [-0.2, 0) is 0 Å². The molecule has 0 aliphatic heterocycles. The Morgan fingerprint density at radius 3 is 2.62 bits per heavy atom. The molecular weight excluding hydrogens is 344 g/mol. The first kappa shape index (κ1) is 14.8. The second-order valence-corrected chi connectivity index (χ2v) is 4.68. The standard InChI is InChI=1S/C11H9BrN6O3/c12-7-2-1-6(18(20)21)5-9(7)14-11(19)8-3-4-10(15-13)17-16-8/h1-5H,13H2,(H,14,19)(H,15,17). The Bertz CT molecular complexity index is 691. The van der Waals surface area contributed by atoms with Crippen LogP contribution >= 0.6 is 15.9 Å². The largest absolute Gasteiger partial charge is 0.319 e. The average Bonchev–Trinajstić information content (AvgIpc) is 2.49. The minimum Gasteiger partial charge on any atom is -0.319 e.